The Bertz CT molecular complexity index is 2420. The van der Waals surface area contributed by atoms with E-state index in [4.69, 9.17) is 10.8 Å². The van der Waals surface area contributed by atoms with Crippen LogP contribution in [0.15, 0.2) is 48.5 Å². The Labute approximate surface area is 480 Å². The number of carboxylic acid groups (broad SMARTS) is 2. The number of nitrogens with two attached hydrogens (primary N) is 1. The summed E-state index contributed by atoms with van der Waals surface area (Å²) in [5, 5.41) is 33.2. The van der Waals surface area contributed by atoms with E-state index in [2.05, 4.69) is 40.9 Å². The molecular formula is C65H93N3O13. The monoisotopic (exact) mass is 1120 g/mol. The zero-order chi connectivity index (χ0) is 59.4. The average Bonchev–Trinajstić information content (AvgIpc) is 3.10. The van der Waals surface area contributed by atoms with Crippen LogP contribution in [-0.2, 0) is 9.47 Å². The zero-order valence-corrected chi connectivity index (χ0v) is 49.0. The van der Waals surface area contributed by atoms with Gasteiger partial charge in [0.2, 0.25) is 0 Å². The van der Waals surface area contributed by atoms with Gasteiger partial charge in [-0.2, -0.15) is 0 Å². The van der Waals surface area contributed by atoms with Crippen LogP contribution >= 0.6 is 0 Å². The van der Waals surface area contributed by atoms with E-state index in [0.717, 1.165) is 52.2 Å². The number of benzene rings is 4. The molecule has 0 atom stereocenters. The molecule has 4 aromatic carbocycles. The van der Waals surface area contributed by atoms with Crippen LogP contribution < -0.4 is 16.4 Å². The summed E-state index contributed by atoms with van der Waals surface area (Å²) < 4.78 is 9.22. The molecule has 4 aromatic rings. The maximum Gasteiger partial charge on any atom is 0.346 e. The molecule has 2 aliphatic rings. The number of nitrogens with one attached hydrogen (secondary N) is 2. The number of carbonyl (C=O) groups is 8. The van der Waals surface area contributed by atoms with Gasteiger partial charge in [0.25, 0.3) is 11.8 Å². The van der Waals surface area contributed by atoms with Crippen molar-refractivity contribution >= 4 is 69.2 Å². The second-order valence-electron chi connectivity index (χ2n) is 21.0. The molecule has 0 unspecified atom stereocenters. The molecule has 0 radical (unpaired) electrons. The number of esters is 4. The predicted molar refractivity (Wildman–Crippen MR) is 319 cm³/mol. The number of carbonyl (C=O) groups excluding carboxylic acids is 6. The highest BCUT2D eigenvalue weighted by atomic mass is 16.6. The predicted octanol–water partition coefficient (Wildman–Crippen LogP) is 14.5. The fourth-order valence-electron chi connectivity index (χ4n) is 10.2. The molecule has 0 saturated heterocycles. The lowest BCUT2D eigenvalue weighted by Crippen LogP contribution is -2.27. The van der Waals surface area contributed by atoms with Gasteiger partial charge >= 0.3 is 35.8 Å². The van der Waals surface area contributed by atoms with Crippen molar-refractivity contribution in [2.75, 3.05) is 26.7 Å². The summed E-state index contributed by atoms with van der Waals surface area (Å²) in [6.45, 7) is 8.43. The van der Waals surface area contributed by atoms with Crippen molar-refractivity contribution in [3.63, 3.8) is 0 Å². The number of fused-ring (bicyclic) bond motifs is 1. The number of unbranched alkanes of at least 4 members (excludes halogenated alkanes) is 27. The Morgan fingerprint density at radius 2 is 0.593 bits per heavy atom. The van der Waals surface area contributed by atoms with Gasteiger partial charge in [-0.1, -0.05) is 194 Å². The Morgan fingerprint density at radius 3 is 0.840 bits per heavy atom. The second kappa shape index (κ2) is 39.8. The molecule has 0 saturated carbocycles. The number of aromatic carboxylic acids is 2. The molecular weight excluding hydrogens is 1030 g/mol. The largest absolute Gasteiger partial charge is 0.478 e. The topological polar surface area (TPSA) is 266 Å². The van der Waals surface area contributed by atoms with Crippen LogP contribution in [0.1, 0.15) is 296 Å². The van der Waals surface area contributed by atoms with Gasteiger partial charge in [-0.05, 0) is 74.3 Å². The number of aliphatic hydroxyl groups excluding tert-OH is 1. The lowest BCUT2D eigenvalue weighted by atomic mass is 9.89. The minimum absolute atomic E-state index is 0.0282. The summed E-state index contributed by atoms with van der Waals surface area (Å²) in [7, 11) is 1.00. The Morgan fingerprint density at radius 1 is 0.358 bits per heavy atom. The van der Waals surface area contributed by atoms with E-state index in [9.17, 15) is 48.6 Å². The number of rotatable bonds is 36. The van der Waals surface area contributed by atoms with E-state index in [0.29, 0.717) is 13.1 Å². The Balaban J connectivity index is 0.000000396. The number of amides is 2. The third-order valence-electron chi connectivity index (χ3n) is 14.7. The average molecular weight is 1120 g/mol. The lowest BCUT2D eigenvalue weighted by molar-refractivity contribution is 0.0366. The van der Waals surface area contributed by atoms with Gasteiger partial charge in [-0.15, -0.1) is 0 Å². The highest BCUT2D eigenvalue weighted by molar-refractivity contribution is 6.29. The van der Waals surface area contributed by atoms with Crippen molar-refractivity contribution in [3.05, 3.63) is 93.0 Å². The summed E-state index contributed by atoms with van der Waals surface area (Å²) in [5.41, 5.74) is 5.72. The minimum atomic E-state index is -1.30. The van der Waals surface area contributed by atoms with Crippen molar-refractivity contribution in [3.8, 4) is 0 Å². The van der Waals surface area contributed by atoms with Crippen LogP contribution in [0.25, 0.3) is 21.5 Å². The van der Waals surface area contributed by atoms with Crippen LogP contribution in [0.2, 0.25) is 0 Å². The fraction of sp³-hybridized carbons (Fsp3) is 0.569. The van der Waals surface area contributed by atoms with E-state index in [1.54, 1.807) is 0 Å². The molecule has 16 nitrogen and oxygen atoms in total. The first-order valence-corrected chi connectivity index (χ1v) is 30.2. The number of hydrogen-bond donors (Lipinski definition) is 6. The molecule has 446 valence electrons. The van der Waals surface area contributed by atoms with Crippen molar-refractivity contribution in [2.24, 2.45) is 5.73 Å². The van der Waals surface area contributed by atoms with Gasteiger partial charge in [0.05, 0.1) is 33.4 Å². The van der Waals surface area contributed by atoms with Crippen LogP contribution in [0.4, 0.5) is 0 Å². The Kier molecular flexibility index (Phi) is 33.8. The zero-order valence-electron chi connectivity index (χ0n) is 49.0. The van der Waals surface area contributed by atoms with Crippen LogP contribution in [0, 0.1) is 0 Å². The van der Waals surface area contributed by atoms with Gasteiger partial charge in [-0.3, -0.25) is 9.59 Å². The molecule has 2 heterocycles. The SMILES string of the molecule is CCCCCCCCCCCCN.CCCCCCCCCCCCNC(=O)c1ccc(C(=O)O)c2c(C(=O)NCCCCCCCCCCCC)ccc(C(=O)O)c12.CO.O=C1OC(=O)c2ccc3c4c(ccc1c24)C(=O)OC3=O. The molecule has 6 rings (SSSR count). The van der Waals surface area contributed by atoms with Crippen molar-refractivity contribution < 1.29 is 63.1 Å². The second-order valence-corrected chi connectivity index (χ2v) is 21.0. The van der Waals surface area contributed by atoms with Crippen LogP contribution in [-0.4, -0.2) is 89.7 Å². The number of ether oxygens (including phenoxy) is 2. The molecule has 2 amide bonds. The molecule has 7 N–H and O–H groups in total. The van der Waals surface area contributed by atoms with Gasteiger partial charge in [0.15, 0.2) is 0 Å². The smallest absolute Gasteiger partial charge is 0.346 e. The highest BCUT2D eigenvalue weighted by Gasteiger charge is 2.35. The first kappa shape index (κ1) is 68.8. The fourth-order valence-corrected chi connectivity index (χ4v) is 10.2. The molecule has 0 aliphatic carbocycles. The Hall–Kier alpha value is -6.52. The maximum absolute atomic E-state index is 13.3. The standard InChI is InChI=1S/C38H58N2O6.C14H4O6.C12H27N.CH4O/c1-3-5-7-9-11-13-15-17-19-21-27-39-35(41)29-23-25-32(38(45)46)34-30(24-26-31(33(29)34)37(43)44)36(42)40-28-22-20-18-16-14-12-10-8-6-4-2;15-11-5-1-2-6-10-8(14(18)20-12(6)16)4-3-7(9(5)10)13(17)19-11;1-2-3-4-5-6-7-8-9-10-11-12-13;1-2/h23-26H,3-22,27-28H2,1-2H3,(H,39,41)(H,40,42)(H,43,44)(H,45,46);1-4H;2-13H2,1H3;2H,1H3. The summed E-state index contributed by atoms with van der Waals surface area (Å²) in [4.78, 5) is 97.9. The minimum Gasteiger partial charge on any atom is -0.478 e. The number of cyclic esters (lactones) is 4. The third-order valence-corrected chi connectivity index (χ3v) is 14.7. The molecule has 0 aromatic heterocycles. The summed E-state index contributed by atoms with van der Waals surface area (Å²) in [6, 6.07) is 10.8. The van der Waals surface area contributed by atoms with E-state index < -0.39 is 47.6 Å². The lowest BCUT2D eigenvalue weighted by Gasteiger charge is -2.21. The first-order valence-electron chi connectivity index (χ1n) is 30.2. The van der Waals surface area contributed by atoms with Gasteiger partial charge in [0, 0.05) is 52.9 Å². The number of carboxylic acids is 2. The van der Waals surface area contributed by atoms with Crippen molar-refractivity contribution in [1.82, 2.24) is 10.6 Å². The van der Waals surface area contributed by atoms with E-state index >= 15 is 0 Å². The quantitative estimate of drug-likeness (QED) is 0.0141. The van der Waals surface area contributed by atoms with E-state index in [1.807, 2.05) is 0 Å². The van der Waals surface area contributed by atoms with Gasteiger partial charge in [-0.25, -0.2) is 28.8 Å². The number of aliphatic hydroxyl groups is 1. The molecule has 0 fully saturated rings. The maximum atomic E-state index is 13.3. The van der Waals surface area contributed by atoms with Crippen LogP contribution in [0.5, 0.6) is 0 Å². The van der Waals surface area contributed by atoms with Crippen molar-refractivity contribution in [1.29, 1.82) is 0 Å². The van der Waals surface area contributed by atoms with Crippen molar-refractivity contribution in [2.45, 2.75) is 213 Å². The third kappa shape index (κ3) is 22.4. The van der Waals surface area contributed by atoms with Gasteiger partial charge in [0.1, 0.15) is 0 Å². The first-order chi connectivity index (χ1) is 39.3. The van der Waals surface area contributed by atoms with E-state index in [1.165, 1.54) is 203 Å². The summed E-state index contributed by atoms with van der Waals surface area (Å²) >= 11 is 0. The molecule has 81 heavy (non-hydrogen) atoms. The van der Waals surface area contributed by atoms with Gasteiger partial charge < -0.3 is 41.2 Å². The summed E-state index contributed by atoms with van der Waals surface area (Å²) in [6.07, 6.45) is 37.3. The molecule has 2 aliphatic heterocycles. The normalized spacial score (nSPS) is 12.1. The number of hydrogen-bond acceptors (Lipinski definition) is 12. The summed E-state index contributed by atoms with van der Waals surface area (Å²) in [5.74, 6) is -6.74. The van der Waals surface area contributed by atoms with E-state index in [-0.39, 0.29) is 66.1 Å². The molecule has 0 bridgehead atoms. The molecule has 0 spiro atoms. The van der Waals surface area contributed by atoms with Crippen LogP contribution in [0.3, 0.4) is 0 Å². The molecule has 16 heteroatoms. The highest BCUT2D eigenvalue weighted by Crippen LogP contribution is 2.36.